The second kappa shape index (κ2) is 12.2. The van der Waals surface area contributed by atoms with Crippen molar-refractivity contribution >= 4 is 0 Å². The summed E-state index contributed by atoms with van der Waals surface area (Å²) in [7, 11) is 0. The minimum Gasteiger partial charge on any atom is -0.207 e. The Morgan fingerprint density at radius 1 is 1.27 bits per heavy atom. The molecule has 1 unspecified atom stereocenters. The fraction of sp³-hybridized carbons (Fsp3) is 0.524. The molecule has 0 saturated heterocycles. The zero-order valence-electron chi connectivity index (χ0n) is 14.9. The van der Waals surface area contributed by atoms with Crippen molar-refractivity contribution in [1.29, 1.82) is 0 Å². The van der Waals surface area contributed by atoms with Crippen LogP contribution in [0.15, 0.2) is 43.0 Å². The van der Waals surface area contributed by atoms with Crippen LogP contribution in [0.3, 0.4) is 0 Å². The molecule has 124 valence electrons. The van der Waals surface area contributed by atoms with Crippen molar-refractivity contribution in [2.24, 2.45) is 5.92 Å². The molecule has 1 aromatic rings. The van der Waals surface area contributed by atoms with E-state index in [9.17, 15) is 4.39 Å². The van der Waals surface area contributed by atoms with Crippen LogP contribution in [0.4, 0.5) is 4.39 Å². The number of hydrogen-bond donors (Lipinski definition) is 0. The lowest BCUT2D eigenvalue weighted by Gasteiger charge is -2.14. The van der Waals surface area contributed by atoms with Gasteiger partial charge in [-0.15, -0.1) is 13.2 Å². The lowest BCUT2D eigenvalue weighted by atomic mass is 9.91. The van der Waals surface area contributed by atoms with Gasteiger partial charge in [0.25, 0.3) is 0 Å². The van der Waals surface area contributed by atoms with E-state index in [0.29, 0.717) is 0 Å². The Labute approximate surface area is 137 Å². The lowest BCUT2D eigenvalue weighted by Crippen LogP contribution is -2.02. The van der Waals surface area contributed by atoms with Gasteiger partial charge < -0.3 is 0 Å². The lowest BCUT2D eigenvalue weighted by molar-refractivity contribution is 0.436. The average Bonchev–Trinajstić information content (AvgIpc) is 2.51. The molecule has 1 rings (SSSR count). The minimum absolute atomic E-state index is 0.0810. The summed E-state index contributed by atoms with van der Waals surface area (Å²) in [6.45, 7) is 15.6. The molecule has 0 heterocycles. The van der Waals surface area contributed by atoms with Crippen LogP contribution in [0.2, 0.25) is 0 Å². The SMILES string of the molecule is C=C(C)CCC(CC)CCc1ccc(C)c(F)c1.C=CCC. The highest BCUT2D eigenvalue weighted by Gasteiger charge is 2.07. The molecule has 0 aliphatic carbocycles. The Hall–Kier alpha value is -1.37. The van der Waals surface area contributed by atoms with E-state index in [1.165, 1.54) is 18.4 Å². The Morgan fingerprint density at radius 2 is 1.91 bits per heavy atom. The van der Waals surface area contributed by atoms with Crippen LogP contribution < -0.4 is 0 Å². The van der Waals surface area contributed by atoms with Gasteiger partial charge in [-0.1, -0.05) is 44.1 Å². The van der Waals surface area contributed by atoms with Crippen molar-refractivity contribution in [2.75, 3.05) is 0 Å². The third kappa shape index (κ3) is 9.55. The van der Waals surface area contributed by atoms with Crippen molar-refractivity contribution in [3.05, 3.63) is 60.0 Å². The van der Waals surface area contributed by atoms with Gasteiger partial charge in [0.1, 0.15) is 5.82 Å². The molecule has 0 aliphatic heterocycles. The summed E-state index contributed by atoms with van der Waals surface area (Å²) < 4.78 is 13.4. The summed E-state index contributed by atoms with van der Waals surface area (Å²) in [5.74, 6) is 0.647. The highest BCUT2D eigenvalue weighted by molar-refractivity contribution is 5.23. The highest BCUT2D eigenvalue weighted by Crippen LogP contribution is 2.21. The summed E-state index contributed by atoms with van der Waals surface area (Å²) in [6, 6.07) is 5.60. The fourth-order valence-electron chi connectivity index (χ4n) is 2.17. The molecule has 0 aromatic heterocycles. The van der Waals surface area contributed by atoms with Gasteiger partial charge in [-0.3, -0.25) is 0 Å². The predicted molar refractivity (Wildman–Crippen MR) is 97.8 cm³/mol. The van der Waals surface area contributed by atoms with Crippen molar-refractivity contribution in [2.45, 2.75) is 66.2 Å². The molecule has 0 N–H and O–H groups in total. The van der Waals surface area contributed by atoms with Crippen LogP contribution in [-0.2, 0) is 6.42 Å². The standard InChI is InChI=1S/C17H25F.C4H8/c1-5-15(8-6-13(2)3)10-11-16-9-7-14(4)17(18)12-16;1-3-4-2/h7,9,12,15H,2,5-6,8,10-11H2,1,3-4H3;3H,1,4H2,2H3. The minimum atomic E-state index is -0.0810. The number of hydrogen-bond acceptors (Lipinski definition) is 0. The largest absolute Gasteiger partial charge is 0.207 e. The summed E-state index contributed by atoms with van der Waals surface area (Å²) in [6.07, 6.45) is 8.60. The smallest absolute Gasteiger partial charge is 0.126 e. The van der Waals surface area contributed by atoms with Gasteiger partial charge in [0, 0.05) is 0 Å². The first kappa shape index (κ1) is 20.6. The van der Waals surface area contributed by atoms with Gasteiger partial charge >= 0.3 is 0 Å². The fourth-order valence-corrected chi connectivity index (χ4v) is 2.17. The average molecular weight is 304 g/mol. The molecule has 22 heavy (non-hydrogen) atoms. The number of halogens is 1. The third-order valence-electron chi connectivity index (χ3n) is 3.92. The zero-order valence-corrected chi connectivity index (χ0v) is 14.9. The Balaban J connectivity index is 0.000000980. The summed E-state index contributed by atoms with van der Waals surface area (Å²) >= 11 is 0. The van der Waals surface area contributed by atoms with Crippen molar-refractivity contribution in [3.8, 4) is 0 Å². The van der Waals surface area contributed by atoms with E-state index in [1.54, 1.807) is 13.0 Å². The number of allylic oxidation sites excluding steroid dienone is 2. The van der Waals surface area contributed by atoms with Gasteiger partial charge in [-0.2, -0.15) is 0 Å². The van der Waals surface area contributed by atoms with Crippen LogP contribution >= 0.6 is 0 Å². The summed E-state index contributed by atoms with van der Waals surface area (Å²) in [5.41, 5.74) is 3.11. The second-order valence-corrected chi connectivity index (χ2v) is 6.09. The van der Waals surface area contributed by atoms with E-state index in [-0.39, 0.29) is 5.82 Å². The number of benzene rings is 1. The van der Waals surface area contributed by atoms with Crippen LogP contribution in [0, 0.1) is 18.7 Å². The second-order valence-electron chi connectivity index (χ2n) is 6.09. The van der Waals surface area contributed by atoms with Gasteiger partial charge in [0.15, 0.2) is 0 Å². The van der Waals surface area contributed by atoms with E-state index in [1.807, 2.05) is 18.2 Å². The topological polar surface area (TPSA) is 0 Å². The Morgan fingerprint density at radius 3 is 2.36 bits per heavy atom. The highest BCUT2D eigenvalue weighted by atomic mass is 19.1. The van der Waals surface area contributed by atoms with Gasteiger partial charge in [-0.25, -0.2) is 4.39 Å². The molecule has 0 radical (unpaired) electrons. The molecule has 1 aromatic carbocycles. The molecule has 0 saturated carbocycles. The summed E-state index contributed by atoms with van der Waals surface area (Å²) in [5, 5.41) is 0. The predicted octanol–water partition coefficient (Wildman–Crippen LogP) is 7.03. The Kier molecular flexibility index (Phi) is 11.4. The van der Waals surface area contributed by atoms with Crippen molar-refractivity contribution in [1.82, 2.24) is 0 Å². The maximum atomic E-state index is 13.4. The van der Waals surface area contributed by atoms with Crippen molar-refractivity contribution in [3.63, 3.8) is 0 Å². The molecule has 0 fully saturated rings. The van der Waals surface area contributed by atoms with E-state index < -0.39 is 0 Å². The summed E-state index contributed by atoms with van der Waals surface area (Å²) in [4.78, 5) is 0. The van der Waals surface area contributed by atoms with Crippen LogP contribution in [0.5, 0.6) is 0 Å². The van der Waals surface area contributed by atoms with E-state index >= 15 is 0 Å². The van der Waals surface area contributed by atoms with E-state index in [4.69, 9.17) is 0 Å². The van der Waals surface area contributed by atoms with Gasteiger partial charge in [0.05, 0.1) is 0 Å². The molecule has 0 amide bonds. The molecule has 1 atom stereocenters. The first-order valence-corrected chi connectivity index (χ1v) is 8.44. The van der Waals surface area contributed by atoms with Crippen LogP contribution in [0.1, 0.15) is 64.0 Å². The molecular weight excluding hydrogens is 271 g/mol. The zero-order chi connectivity index (χ0) is 17.0. The maximum absolute atomic E-state index is 13.4. The molecule has 0 nitrogen and oxygen atoms in total. The quantitative estimate of drug-likeness (QED) is 0.452. The monoisotopic (exact) mass is 304 g/mol. The first-order chi connectivity index (χ1) is 10.4. The first-order valence-electron chi connectivity index (χ1n) is 8.44. The third-order valence-corrected chi connectivity index (χ3v) is 3.92. The molecular formula is C21H33F. The van der Waals surface area contributed by atoms with E-state index in [2.05, 4.69) is 33.9 Å². The van der Waals surface area contributed by atoms with Gasteiger partial charge in [0.2, 0.25) is 0 Å². The number of rotatable bonds is 8. The molecule has 0 aliphatic rings. The van der Waals surface area contributed by atoms with E-state index in [0.717, 1.165) is 42.7 Å². The molecule has 0 bridgehead atoms. The maximum Gasteiger partial charge on any atom is 0.126 e. The van der Waals surface area contributed by atoms with Gasteiger partial charge in [-0.05, 0) is 69.1 Å². The van der Waals surface area contributed by atoms with Crippen LogP contribution in [-0.4, -0.2) is 0 Å². The Bertz CT molecular complexity index is 445. The molecule has 0 spiro atoms. The normalized spacial score (nSPS) is 11.3. The molecule has 1 heteroatoms. The van der Waals surface area contributed by atoms with Crippen molar-refractivity contribution < 1.29 is 4.39 Å². The van der Waals surface area contributed by atoms with Crippen LogP contribution in [0.25, 0.3) is 0 Å². The number of aryl methyl sites for hydroxylation is 2.